The predicted molar refractivity (Wildman–Crippen MR) is 65.8 cm³/mol. The Bertz CT molecular complexity index is 311. The first-order valence-electron chi connectivity index (χ1n) is 5.38. The Hall–Kier alpha value is -0.610. The summed E-state index contributed by atoms with van der Waals surface area (Å²) < 4.78 is 26.1. The Morgan fingerprint density at radius 3 is 2.38 bits per heavy atom. The topological polar surface area (TPSA) is 12.0 Å². The Kier molecular flexibility index (Phi) is 5.77. The minimum atomic E-state index is -0.518. The second-order valence-corrected chi connectivity index (χ2v) is 4.77. The lowest BCUT2D eigenvalue weighted by atomic mass is 10.1. The Morgan fingerprint density at radius 1 is 1.25 bits per heavy atom. The molecule has 0 spiro atoms. The largest absolute Gasteiger partial charge is 0.312 e. The van der Waals surface area contributed by atoms with Crippen molar-refractivity contribution in [1.29, 1.82) is 0 Å². The molecule has 1 aromatic carbocycles. The van der Waals surface area contributed by atoms with Gasteiger partial charge in [0.25, 0.3) is 0 Å². The minimum absolute atomic E-state index is 0.00162. The summed E-state index contributed by atoms with van der Waals surface area (Å²) in [6.07, 6.45) is 1.11. The third kappa shape index (κ3) is 4.10. The van der Waals surface area contributed by atoms with E-state index >= 15 is 0 Å². The van der Waals surface area contributed by atoms with Gasteiger partial charge in [-0.2, -0.15) is 11.8 Å². The number of hydrogen-bond donors (Lipinski definition) is 1. The molecule has 0 aromatic heterocycles. The van der Waals surface area contributed by atoms with Crippen LogP contribution in [0.15, 0.2) is 18.2 Å². The third-order valence-corrected chi connectivity index (χ3v) is 3.53. The average molecular weight is 245 g/mol. The fraction of sp³-hybridized carbons (Fsp3) is 0.500. The zero-order valence-corrected chi connectivity index (χ0v) is 10.4. The van der Waals surface area contributed by atoms with E-state index in [4.69, 9.17) is 0 Å². The molecule has 0 fully saturated rings. The summed E-state index contributed by atoms with van der Waals surface area (Å²) in [5.74, 6) is 0.856. The lowest BCUT2D eigenvalue weighted by Crippen LogP contribution is -2.19. The Balaban J connectivity index is 2.70. The molecule has 0 aliphatic heterocycles. The number of thioether (sulfide) groups is 1. The van der Waals surface area contributed by atoms with E-state index in [0.29, 0.717) is 5.56 Å². The van der Waals surface area contributed by atoms with Crippen LogP contribution in [0.5, 0.6) is 0 Å². The van der Waals surface area contributed by atoms with Crippen LogP contribution < -0.4 is 5.32 Å². The second-order valence-electron chi connectivity index (χ2n) is 3.62. The lowest BCUT2D eigenvalue weighted by molar-refractivity contribution is 0.568. The van der Waals surface area contributed by atoms with E-state index in [1.54, 1.807) is 18.8 Å². The van der Waals surface area contributed by atoms with Crippen LogP contribution in [-0.4, -0.2) is 18.6 Å². The van der Waals surface area contributed by atoms with Gasteiger partial charge >= 0.3 is 0 Å². The zero-order valence-electron chi connectivity index (χ0n) is 9.59. The van der Waals surface area contributed by atoms with Gasteiger partial charge in [-0.15, -0.1) is 0 Å². The molecule has 90 valence electrons. The van der Waals surface area contributed by atoms with Crippen molar-refractivity contribution in [3.8, 4) is 0 Å². The molecule has 0 aliphatic carbocycles. The average Bonchev–Trinajstić information content (AvgIpc) is 2.23. The summed E-state index contributed by atoms with van der Waals surface area (Å²) in [4.78, 5) is 0. The summed E-state index contributed by atoms with van der Waals surface area (Å²) in [6, 6.07) is 3.67. The first-order valence-corrected chi connectivity index (χ1v) is 6.53. The third-order valence-electron chi connectivity index (χ3n) is 2.27. The van der Waals surface area contributed by atoms with E-state index in [9.17, 15) is 8.78 Å². The van der Waals surface area contributed by atoms with Gasteiger partial charge in [0.15, 0.2) is 0 Å². The minimum Gasteiger partial charge on any atom is -0.312 e. The van der Waals surface area contributed by atoms with Crippen molar-refractivity contribution in [2.45, 2.75) is 19.4 Å². The summed E-state index contributed by atoms with van der Waals surface area (Å²) in [5.41, 5.74) is 0.670. The van der Waals surface area contributed by atoms with Crippen LogP contribution >= 0.6 is 11.8 Å². The fourth-order valence-electron chi connectivity index (χ4n) is 1.47. The first kappa shape index (κ1) is 13.5. The van der Waals surface area contributed by atoms with E-state index < -0.39 is 11.6 Å². The first-order chi connectivity index (χ1) is 7.67. The van der Waals surface area contributed by atoms with Crippen LogP contribution in [0.3, 0.4) is 0 Å². The number of nitrogens with one attached hydrogen (secondary N) is 1. The zero-order chi connectivity index (χ0) is 12.0. The van der Waals surface area contributed by atoms with Gasteiger partial charge in [0.1, 0.15) is 11.6 Å². The molecule has 1 N–H and O–H groups in total. The van der Waals surface area contributed by atoms with Crippen molar-refractivity contribution >= 4 is 11.8 Å². The molecule has 0 aliphatic rings. The van der Waals surface area contributed by atoms with Gasteiger partial charge in [-0.3, -0.25) is 0 Å². The highest BCUT2D eigenvalue weighted by atomic mass is 32.2. The maximum Gasteiger partial charge on any atom is 0.126 e. The van der Waals surface area contributed by atoms with Gasteiger partial charge in [-0.25, -0.2) is 8.78 Å². The van der Waals surface area contributed by atoms with Gasteiger partial charge in [0.2, 0.25) is 0 Å². The van der Waals surface area contributed by atoms with Crippen molar-refractivity contribution < 1.29 is 8.78 Å². The maximum absolute atomic E-state index is 13.0. The number of benzene rings is 1. The van der Waals surface area contributed by atoms with Crippen molar-refractivity contribution in [1.82, 2.24) is 5.32 Å². The molecular weight excluding hydrogens is 228 g/mol. The molecule has 4 heteroatoms. The molecule has 0 amide bonds. The van der Waals surface area contributed by atoms with Crippen LogP contribution in [0, 0.1) is 11.6 Å². The number of rotatable bonds is 6. The molecule has 0 radical (unpaired) electrons. The summed E-state index contributed by atoms with van der Waals surface area (Å²) >= 11 is 1.79. The maximum atomic E-state index is 13.0. The van der Waals surface area contributed by atoms with Crippen LogP contribution in [0.25, 0.3) is 0 Å². The van der Waals surface area contributed by atoms with Crippen LogP contribution in [0.4, 0.5) is 8.78 Å². The smallest absolute Gasteiger partial charge is 0.126 e. The molecule has 0 saturated carbocycles. The molecule has 0 heterocycles. The number of halogens is 2. The normalized spacial score (nSPS) is 12.8. The Labute approximate surface area is 99.6 Å². The molecular formula is C12H17F2NS. The monoisotopic (exact) mass is 245 g/mol. The summed E-state index contributed by atoms with van der Waals surface area (Å²) in [7, 11) is 1.81. The van der Waals surface area contributed by atoms with Gasteiger partial charge in [0, 0.05) is 17.9 Å². The quantitative estimate of drug-likeness (QED) is 0.771. The van der Waals surface area contributed by atoms with Crippen molar-refractivity contribution in [2.24, 2.45) is 0 Å². The number of hydrogen-bond acceptors (Lipinski definition) is 2. The van der Waals surface area contributed by atoms with Gasteiger partial charge in [0.05, 0.1) is 0 Å². The Morgan fingerprint density at radius 2 is 1.88 bits per heavy atom. The van der Waals surface area contributed by atoms with Crippen LogP contribution in [0.2, 0.25) is 0 Å². The van der Waals surface area contributed by atoms with Gasteiger partial charge < -0.3 is 5.32 Å². The molecule has 1 atom stereocenters. The van der Waals surface area contributed by atoms with E-state index in [2.05, 4.69) is 12.2 Å². The van der Waals surface area contributed by atoms with Gasteiger partial charge in [-0.1, -0.05) is 6.92 Å². The summed E-state index contributed by atoms with van der Waals surface area (Å²) in [5, 5.41) is 3.08. The second kappa shape index (κ2) is 6.86. The summed E-state index contributed by atoms with van der Waals surface area (Å²) in [6.45, 7) is 2.11. The SMILES string of the molecule is CCCSCC(NC)c1cc(F)cc(F)c1. The molecule has 16 heavy (non-hydrogen) atoms. The molecule has 0 saturated heterocycles. The van der Waals surface area contributed by atoms with Crippen LogP contribution in [-0.2, 0) is 0 Å². The van der Waals surface area contributed by atoms with Crippen molar-refractivity contribution in [2.75, 3.05) is 18.6 Å². The van der Waals surface area contributed by atoms with Crippen LogP contribution in [0.1, 0.15) is 24.9 Å². The highest BCUT2D eigenvalue weighted by Gasteiger charge is 2.11. The molecule has 0 bridgehead atoms. The van der Waals surface area contributed by atoms with Crippen molar-refractivity contribution in [3.05, 3.63) is 35.4 Å². The molecule has 1 rings (SSSR count). The van der Waals surface area contributed by atoms with Gasteiger partial charge in [-0.05, 0) is 36.9 Å². The van der Waals surface area contributed by atoms with E-state index in [1.165, 1.54) is 12.1 Å². The molecule has 1 unspecified atom stereocenters. The standard InChI is InChI=1S/C12H17F2NS/c1-3-4-16-8-12(15-2)9-5-10(13)7-11(14)6-9/h5-7,12,15H,3-4,8H2,1-2H3. The fourth-order valence-corrected chi connectivity index (χ4v) is 2.52. The van der Waals surface area contributed by atoms with E-state index in [-0.39, 0.29) is 6.04 Å². The predicted octanol–water partition coefficient (Wildman–Crippen LogP) is 3.37. The van der Waals surface area contributed by atoms with Crippen molar-refractivity contribution in [3.63, 3.8) is 0 Å². The molecule has 1 nitrogen and oxygen atoms in total. The highest BCUT2D eigenvalue weighted by Crippen LogP contribution is 2.20. The molecule has 1 aromatic rings. The highest BCUT2D eigenvalue weighted by molar-refractivity contribution is 7.99. The van der Waals surface area contributed by atoms with E-state index in [1.807, 2.05) is 0 Å². The van der Waals surface area contributed by atoms with E-state index in [0.717, 1.165) is 24.0 Å². The lowest BCUT2D eigenvalue weighted by Gasteiger charge is -2.16.